The lowest BCUT2D eigenvalue weighted by molar-refractivity contribution is 0.0953. The van der Waals surface area contributed by atoms with Gasteiger partial charge in [-0.2, -0.15) is 0 Å². The third-order valence-corrected chi connectivity index (χ3v) is 5.52. The molecule has 0 aliphatic rings. The lowest BCUT2D eigenvalue weighted by Crippen LogP contribution is -2.25. The van der Waals surface area contributed by atoms with Crippen molar-refractivity contribution >= 4 is 16.9 Å². The van der Waals surface area contributed by atoms with Gasteiger partial charge in [-0.3, -0.25) is 9.78 Å². The van der Waals surface area contributed by atoms with E-state index in [-0.39, 0.29) is 5.91 Å². The van der Waals surface area contributed by atoms with E-state index in [0.717, 1.165) is 30.7 Å². The van der Waals surface area contributed by atoms with E-state index in [9.17, 15) is 4.79 Å². The third kappa shape index (κ3) is 6.41. The van der Waals surface area contributed by atoms with E-state index in [2.05, 4.69) is 40.0 Å². The number of aromatic nitrogens is 3. The summed E-state index contributed by atoms with van der Waals surface area (Å²) in [5.41, 5.74) is 2.94. The minimum Gasteiger partial charge on any atom is -0.352 e. The Morgan fingerprint density at radius 2 is 1.67 bits per heavy atom. The summed E-state index contributed by atoms with van der Waals surface area (Å²) in [5.74, 6) is 1.08. The Labute approximate surface area is 179 Å². The molecular weight excluding hydrogens is 372 g/mol. The first-order chi connectivity index (χ1) is 14.8. The topological polar surface area (TPSA) is 59.8 Å². The monoisotopic (exact) mass is 406 g/mol. The van der Waals surface area contributed by atoms with Crippen LogP contribution in [0.25, 0.3) is 11.0 Å². The molecule has 0 bridgehead atoms. The summed E-state index contributed by atoms with van der Waals surface area (Å²) in [6.07, 6.45) is 14.2. The van der Waals surface area contributed by atoms with E-state index in [0.29, 0.717) is 12.1 Å². The molecule has 1 aromatic carbocycles. The van der Waals surface area contributed by atoms with Gasteiger partial charge in [0.05, 0.1) is 11.0 Å². The van der Waals surface area contributed by atoms with Crippen molar-refractivity contribution < 1.29 is 4.79 Å². The van der Waals surface area contributed by atoms with Gasteiger partial charge in [0.15, 0.2) is 0 Å². The molecule has 0 aliphatic heterocycles. The van der Waals surface area contributed by atoms with Crippen LogP contribution in [0, 0.1) is 0 Å². The zero-order valence-corrected chi connectivity index (χ0v) is 18.1. The van der Waals surface area contributed by atoms with E-state index < -0.39 is 0 Å². The van der Waals surface area contributed by atoms with Gasteiger partial charge in [0.1, 0.15) is 5.82 Å². The van der Waals surface area contributed by atoms with Crippen molar-refractivity contribution in [2.24, 2.45) is 0 Å². The summed E-state index contributed by atoms with van der Waals surface area (Å²) in [6.45, 7) is 3.92. The van der Waals surface area contributed by atoms with Gasteiger partial charge in [0.2, 0.25) is 0 Å². The van der Waals surface area contributed by atoms with Crippen LogP contribution in [-0.4, -0.2) is 27.0 Å². The minimum absolute atomic E-state index is 0.0472. The van der Waals surface area contributed by atoms with Crippen LogP contribution in [0.15, 0.2) is 48.8 Å². The fraction of sp³-hybridized carbons (Fsp3) is 0.480. The number of carbonyl (C=O) groups is 1. The molecule has 30 heavy (non-hydrogen) atoms. The molecule has 3 aromatic rings. The Hall–Kier alpha value is -2.69. The Morgan fingerprint density at radius 1 is 0.933 bits per heavy atom. The number of pyridine rings is 1. The summed E-state index contributed by atoms with van der Waals surface area (Å²) < 4.78 is 2.38. The smallest absolute Gasteiger partial charge is 0.251 e. The van der Waals surface area contributed by atoms with Crippen LogP contribution in [0.2, 0.25) is 0 Å². The predicted octanol–water partition coefficient (Wildman–Crippen LogP) is 5.54. The molecule has 0 aliphatic carbocycles. The SMILES string of the molecule is CCCCCCCCCn1c(CCCNC(=O)c2ccncc2)nc2ccccc21. The average Bonchev–Trinajstić information content (AvgIpc) is 3.14. The Kier molecular flexibility index (Phi) is 8.88. The number of benzene rings is 1. The number of fused-ring (bicyclic) bond motifs is 1. The number of amides is 1. The molecule has 5 nitrogen and oxygen atoms in total. The predicted molar refractivity (Wildman–Crippen MR) is 123 cm³/mol. The molecule has 0 radical (unpaired) electrons. The first-order valence-electron chi connectivity index (χ1n) is 11.4. The second kappa shape index (κ2) is 12.1. The quantitative estimate of drug-likeness (QED) is 0.379. The fourth-order valence-corrected chi connectivity index (χ4v) is 3.85. The van der Waals surface area contributed by atoms with Crippen LogP contribution in [0.4, 0.5) is 0 Å². The van der Waals surface area contributed by atoms with E-state index in [1.165, 1.54) is 50.5 Å². The maximum absolute atomic E-state index is 12.2. The summed E-state index contributed by atoms with van der Waals surface area (Å²) in [5, 5.41) is 3.00. The van der Waals surface area contributed by atoms with Gasteiger partial charge in [-0.1, -0.05) is 57.6 Å². The molecular formula is C25H34N4O. The van der Waals surface area contributed by atoms with Gasteiger partial charge in [-0.05, 0) is 37.1 Å². The number of nitrogens with one attached hydrogen (secondary N) is 1. The van der Waals surface area contributed by atoms with Crippen molar-refractivity contribution in [2.45, 2.75) is 71.3 Å². The van der Waals surface area contributed by atoms with E-state index in [1.807, 2.05) is 6.07 Å². The molecule has 2 heterocycles. The zero-order valence-electron chi connectivity index (χ0n) is 18.1. The number of imidazole rings is 1. The molecule has 1 N–H and O–H groups in total. The number of para-hydroxylation sites is 2. The van der Waals surface area contributed by atoms with Crippen LogP contribution in [0.5, 0.6) is 0 Å². The molecule has 0 saturated heterocycles. The maximum Gasteiger partial charge on any atom is 0.251 e. The zero-order chi connectivity index (χ0) is 21.0. The molecule has 0 atom stereocenters. The van der Waals surface area contributed by atoms with Gasteiger partial charge in [-0.25, -0.2) is 4.98 Å². The summed E-state index contributed by atoms with van der Waals surface area (Å²) in [4.78, 5) is 21.0. The maximum atomic E-state index is 12.2. The molecule has 5 heteroatoms. The minimum atomic E-state index is -0.0472. The fourth-order valence-electron chi connectivity index (χ4n) is 3.85. The van der Waals surface area contributed by atoms with Crippen LogP contribution in [0.1, 0.15) is 74.5 Å². The Balaban J connectivity index is 1.50. The second-order valence-corrected chi connectivity index (χ2v) is 7.89. The van der Waals surface area contributed by atoms with E-state index in [4.69, 9.17) is 4.98 Å². The van der Waals surface area contributed by atoms with Crippen molar-refractivity contribution in [1.29, 1.82) is 0 Å². The van der Waals surface area contributed by atoms with Crippen LogP contribution in [-0.2, 0) is 13.0 Å². The molecule has 0 fully saturated rings. The highest BCUT2D eigenvalue weighted by Crippen LogP contribution is 2.19. The van der Waals surface area contributed by atoms with Gasteiger partial charge >= 0.3 is 0 Å². The number of rotatable bonds is 13. The van der Waals surface area contributed by atoms with Crippen LogP contribution < -0.4 is 5.32 Å². The molecule has 1 amide bonds. The van der Waals surface area contributed by atoms with E-state index in [1.54, 1.807) is 24.5 Å². The van der Waals surface area contributed by atoms with Gasteiger partial charge < -0.3 is 9.88 Å². The lowest BCUT2D eigenvalue weighted by atomic mass is 10.1. The average molecular weight is 407 g/mol. The largest absolute Gasteiger partial charge is 0.352 e. The standard InChI is InChI=1S/C25H34N4O/c1-2-3-4-5-6-7-10-20-29-23-13-9-8-12-22(23)28-24(29)14-11-17-27-25(30)21-15-18-26-19-16-21/h8-9,12-13,15-16,18-19H,2-7,10-11,14,17,20H2,1H3,(H,27,30). The van der Waals surface area contributed by atoms with Crippen LogP contribution >= 0.6 is 0 Å². The Morgan fingerprint density at radius 3 is 2.47 bits per heavy atom. The van der Waals surface area contributed by atoms with Crippen molar-refractivity contribution in [3.05, 3.63) is 60.2 Å². The van der Waals surface area contributed by atoms with Gasteiger partial charge in [-0.15, -0.1) is 0 Å². The highest BCUT2D eigenvalue weighted by atomic mass is 16.1. The van der Waals surface area contributed by atoms with Gasteiger partial charge in [0.25, 0.3) is 5.91 Å². The molecule has 2 aromatic heterocycles. The molecule has 0 saturated carbocycles. The highest BCUT2D eigenvalue weighted by molar-refractivity contribution is 5.93. The number of carbonyl (C=O) groups excluding carboxylic acids is 1. The first kappa shape index (κ1) is 22.0. The second-order valence-electron chi connectivity index (χ2n) is 7.89. The molecule has 3 rings (SSSR count). The number of aryl methyl sites for hydroxylation is 2. The van der Waals surface area contributed by atoms with Crippen molar-refractivity contribution in [3.63, 3.8) is 0 Å². The first-order valence-corrected chi connectivity index (χ1v) is 11.4. The third-order valence-electron chi connectivity index (χ3n) is 5.52. The highest BCUT2D eigenvalue weighted by Gasteiger charge is 2.10. The van der Waals surface area contributed by atoms with Crippen molar-refractivity contribution in [3.8, 4) is 0 Å². The Bertz CT molecular complexity index is 904. The normalized spacial score (nSPS) is 11.1. The number of unbranched alkanes of at least 4 members (excludes halogenated alkanes) is 6. The molecule has 0 unspecified atom stereocenters. The van der Waals surface area contributed by atoms with Crippen molar-refractivity contribution in [1.82, 2.24) is 19.9 Å². The number of hydrogen-bond donors (Lipinski definition) is 1. The summed E-state index contributed by atoms with van der Waals surface area (Å²) >= 11 is 0. The molecule has 0 spiro atoms. The lowest BCUT2D eigenvalue weighted by Gasteiger charge is -2.10. The van der Waals surface area contributed by atoms with Crippen molar-refractivity contribution in [2.75, 3.05) is 6.54 Å². The van der Waals surface area contributed by atoms with Crippen LogP contribution in [0.3, 0.4) is 0 Å². The number of hydrogen-bond acceptors (Lipinski definition) is 3. The van der Waals surface area contributed by atoms with Gasteiger partial charge in [0, 0.05) is 37.5 Å². The number of nitrogens with zero attached hydrogens (tertiary/aromatic N) is 3. The summed E-state index contributed by atoms with van der Waals surface area (Å²) in [7, 11) is 0. The molecule has 160 valence electrons. The van der Waals surface area contributed by atoms with E-state index >= 15 is 0 Å². The summed E-state index contributed by atoms with van der Waals surface area (Å²) in [6, 6.07) is 11.9.